The molecule has 1 rings (SSSR count). The summed E-state index contributed by atoms with van der Waals surface area (Å²) in [6, 6.07) is 7.50. The van der Waals surface area contributed by atoms with Gasteiger partial charge in [0.25, 0.3) is 0 Å². The van der Waals surface area contributed by atoms with Gasteiger partial charge in [-0.2, -0.15) is 0 Å². The number of ether oxygens (including phenoxy) is 2. The van der Waals surface area contributed by atoms with E-state index in [2.05, 4.69) is 5.32 Å². The smallest absolute Gasteiger partial charge is 0.238 e. The highest BCUT2D eigenvalue weighted by Crippen LogP contribution is 2.11. The van der Waals surface area contributed by atoms with Gasteiger partial charge in [0.15, 0.2) is 0 Å². The fourth-order valence-corrected chi connectivity index (χ4v) is 1.40. The summed E-state index contributed by atoms with van der Waals surface area (Å²) in [5.41, 5.74) is 6.97. The van der Waals surface area contributed by atoms with E-state index in [9.17, 15) is 4.79 Å². The summed E-state index contributed by atoms with van der Waals surface area (Å²) in [6.45, 7) is 4.29. The lowest BCUT2D eigenvalue weighted by atomic mass is 10.2. The second-order valence-corrected chi connectivity index (χ2v) is 3.70. The first-order chi connectivity index (χ1) is 8.76. The van der Waals surface area contributed by atoms with Gasteiger partial charge >= 0.3 is 0 Å². The zero-order valence-corrected chi connectivity index (χ0v) is 10.6. The summed E-state index contributed by atoms with van der Waals surface area (Å²) >= 11 is 0. The van der Waals surface area contributed by atoms with Crippen molar-refractivity contribution in [1.29, 1.82) is 0 Å². The van der Waals surface area contributed by atoms with Gasteiger partial charge in [0, 0.05) is 12.3 Å². The highest BCUT2D eigenvalue weighted by atomic mass is 16.5. The van der Waals surface area contributed by atoms with Crippen LogP contribution in [0.4, 0.5) is 5.69 Å². The molecule has 1 aromatic rings. The number of hydrogen-bond acceptors (Lipinski definition) is 4. The second-order valence-electron chi connectivity index (χ2n) is 3.70. The molecular weight excluding hydrogens is 232 g/mol. The standard InChI is InChI=1S/C13H20N2O3/c1-2-17-6-7-18-10-11-4-3-5-12(8-11)15-13(16)9-14/h3-5,8H,2,6-7,9-10,14H2,1H3,(H,15,16). The third kappa shape index (κ3) is 5.77. The Hall–Kier alpha value is -1.43. The molecule has 1 amide bonds. The summed E-state index contributed by atoms with van der Waals surface area (Å²) in [5, 5.41) is 2.70. The topological polar surface area (TPSA) is 73.6 Å². The highest BCUT2D eigenvalue weighted by molar-refractivity contribution is 5.92. The molecule has 5 heteroatoms. The van der Waals surface area contributed by atoms with Crippen LogP contribution in [0.25, 0.3) is 0 Å². The number of carbonyl (C=O) groups is 1. The molecule has 0 saturated heterocycles. The number of nitrogens with one attached hydrogen (secondary N) is 1. The zero-order valence-electron chi connectivity index (χ0n) is 10.6. The van der Waals surface area contributed by atoms with Crippen LogP contribution in [-0.4, -0.2) is 32.3 Å². The molecule has 0 aliphatic carbocycles. The number of carbonyl (C=O) groups excluding carboxylic acids is 1. The van der Waals surface area contributed by atoms with Crippen LogP contribution in [0.15, 0.2) is 24.3 Å². The average Bonchev–Trinajstić information content (AvgIpc) is 2.39. The number of benzene rings is 1. The Balaban J connectivity index is 2.37. The summed E-state index contributed by atoms with van der Waals surface area (Å²) in [7, 11) is 0. The number of amides is 1. The van der Waals surface area contributed by atoms with Crippen molar-refractivity contribution in [2.75, 3.05) is 31.7 Å². The number of hydrogen-bond donors (Lipinski definition) is 2. The third-order valence-corrected chi connectivity index (χ3v) is 2.24. The van der Waals surface area contributed by atoms with Crippen molar-refractivity contribution in [3.05, 3.63) is 29.8 Å². The first-order valence-electron chi connectivity index (χ1n) is 6.00. The average molecular weight is 252 g/mol. The van der Waals surface area contributed by atoms with Crippen LogP contribution in [0.2, 0.25) is 0 Å². The molecule has 0 unspecified atom stereocenters. The zero-order chi connectivity index (χ0) is 13.2. The number of rotatable bonds is 8. The van der Waals surface area contributed by atoms with Crippen molar-refractivity contribution < 1.29 is 14.3 Å². The lowest BCUT2D eigenvalue weighted by Gasteiger charge is -2.07. The van der Waals surface area contributed by atoms with Crippen LogP contribution >= 0.6 is 0 Å². The summed E-state index contributed by atoms with van der Waals surface area (Å²) < 4.78 is 10.6. The van der Waals surface area contributed by atoms with E-state index in [0.717, 1.165) is 11.3 Å². The number of anilines is 1. The van der Waals surface area contributed by atoms with Crippen LogP contribution in [0.1, 0.15) is 12.5 Å². The quantitative estimate of drug-likeness (QED) is 0.680. The molecule has 0 saturated carbocycles. The first kappa shape index (κ1) is 14.6. The Labute approximate surface area is 107 Å². The van der Waals surface area contributed by atoms with E-state index in [1.54, 1.807) is 0 Å². The lowest BCUT2D eigenvalue weighted by molar-refractivity contribution is -0.114. The van der Waals surface area contributed by atoms with Crippen LogP contribution in [0.5, 0.6) is 0 Å². The van der Waals surface area contributed by atoms with Gasteiger partial charge in [-0.1, -0.05) is 12.1 Å². The Morgan fingerprint density at radius 1 is 1.33 bits per heavy atom. The normalized spacial score (nSPS) is 10.3. The largest absolute Gasteiger partial charge is 0.379 e. The molecule has 100 valence electrons. The molecule has 1 aromatic carbocycles. The van der Waals surface area contributed by atoms with Crippen molar-refractivity contribution in [3.8, 4) is 0 Å². The molecule has 0 bridgehead atoms. The monoisotopic (exact) mass is 252 g/mol. The SMILES string of the molecule is CCOCCOCc1cccc(NC(=O)CN)c1. The van der Waals surface area contributed by atoms with E-state index in [1.165, 1.54) is 0 Å². The minimum atomic E-state index is -0.204. The minimum absolute atomic E-state index is 0.0188. The summed E-state index contributed by atoms with van der Waals surface area (Å²) in [6.07, 6.45) is 0. The lowest BCUT2D eigenvalue weighted by Crippen LogP contribution is -2.21. The Bertz CT molecular complexity index is 369. The van der Waals surface area contributed by atoms with E-state index >= 15 is 0 Å². The molecule has 0 aliphatic rings. The molecule has 0 aromatic heterocycles. The van der Waals surface area contributed by atoms with Gasteiger partial charge in [-0.25, -0.2) is 0 Å². The van der Waals surface area contributed by atoms with Gasteiger partial charge in [0.2, 0.25) is 5.91 Å². The highest BCUT2D eigenvalue weighted by Gasteiger charge is 2.00. The van der Waals surface area contributed by atoms with Crippen LogP contribution in [0, 0.1) is 0 Å². The van der Waals surface area contributed by atoms with Gasteiger partial charge < -0.3 is 20.5 Å². The van der Waals surface area contributed by atoms with E-state index in [0.29, 0.717) is 26.4 Å². The maximum atomic E-state index is 11.1. The van der Waals surface area contributed by atoms with Crippen LogP contribution in [-0.2, 0) is 20.9 Å². The fourth-order valence-electron chi connectivity index (χ4n) is 1.40. The van der Waals surface area contributed by atoms with Gasteiger partial charge in [-0.05, 0) is 24.6 Å². The minimum Gasteiger partial charge on any atom is -0.379 e. The molecule has 0 fully saturated rings. The van der Waals surface area contributed by atoms with Crippen molar-refractivity contribution in [1.82, 2.24) is 0 Å². The Morgan fingerprint density at radius 2 is 2.11 bits per heavy atom. The molecule has 0 radical (unpaired) electrons. The van der Waals surface area contributed by atoms with Crippen molar-refractivity contribution in [2.45, 2.75) is 13.5 Å². The van der Waals surface area contributed by atoms with E-state index in [4.69, 9.17) is 15.2 Å². The van der Waals surface area contributed by atoms with Gasteiger partial charge in [-0.15, -0.1) is 0 Å². The van der Waals surface area contributed by atoms with Gasteiger partial charge in [0.1, 0.15) is 0 Å². The molecule has 0 heterocycles. The molecule has 0 atom stereocenters. The van der Waals surface area contributed by atoms with E-state index in [1.807, 2.05) is 31.2 Å². The summed E-state index contributed by atoms with van der Waals surface area (Å²) in [4.78, 5) is 11.1. The fraction of sp³-hybridized carbons (Fsp3) is 0.462. The number of nitrogens with two attached hydrogens (primary N) is 1. The van der Waals surface area contributed by atoms with E-state index < -0.39 is 0 Å². The molecule has 0 aliphatic heterocycles. The predicted octanol–water partition coefficient (Wildman–Crippen LogP) is 1.14. The van der Waals surface area contributed by atoms with Gasteiger partial charge in [0.05, 0.1) is 26.4 Å². The molecule has 0 spiro atoms. The van der Waals surface area contributed by atoms with Crippen LogP contribution < -0.4 is 11.1 Å². The van der Waals surface area contributed by atoms with Gasteiger partial charge in [-0.3, -0.25) is 4.79 Å². The predicted molar refractivity (Wildman–Crippen MR) is 70.3 cm³/mol. The second kappa shape index (κ2) is 8.63. The Morgan fingerprint density at radius 3 is 2.83 bits per heavy atom. The molecule has 18 heavy (non-hydrogen) atoms. The Kier molecular flexibility index (Phi) is 7.01. The molecular formula is C13H20N2O3. The molecule has 3 N–H and O–H groups in total. The van der Waals surface area contributed by atoms with E-state index in [-0.39, 0.29) is 12.5 Å². The van der Waals surface area contributed by atoms with Crippen molar-refractivity contribution >= 4 is 11.6 Å². The maximum Gasteiger partial charge on any atom is 0.238 e. The summed E-state index contributed by atoms with van der Waals surface area (Å²) in [5.74, 6) is -0.204. The van der Waals surface area contributed by atoms with Crippen molar-refractivity contribution in [3.63, 3.8) is 0 Å². The maximum absolute atomic E-state index is 11.1. The first-order valence-corrected chi connectivity index (χ1v) is 6.00. The van der Waals surface area contributed by atoms with Crippen LogP contribution in [0.3, 0.4) is 0 Å². The third-order valence-electron chi connectivity index (χ3n) is 2.24. The van der Waals surface area contributed by atoms with Crippen molar-refractivity contribution in [2.24, 2.45) is 5.73 Å². The molecule has 5 nitrogen and oxygen atoms in total.